The summed E-state index contributed by atoms with van der Waals surface area (Å²) in [5, 5.41) is 0. The lowest BCUT2D eigenvalue weighted by Crippen LogP contribution is -2.09. The van der Waals surface area contributed by atoms with Crippen LogP contribution in [0.15, 0.2) is 34.8 Å². The summed E-state index contributed by atoms with van der Waals surface area (Å²) in [7, 11) is 0. The lowest BCUT2D eigenvalue weighted by Gasteiger charge is -2.11. The average molecular weight is 347 g/mol. The number of thiophene rings is 1. The van der Waals surface area contributed by atoms with Gasteiger partial charge in [0, 0.05) is 9.35 Å². The van der Waals surface area contributed by atoms with Crippen LogP contribution in [0.2, 0.25) is 4.34 Å². The van der Waals surface area contributed by atoms with Gasteiger partial charge in [0.05, 0.1) is 12.6 Å². The van der Waals surface area contributed by atoms with E-state index in [-0.39, 0.29) is 6.04 Å². The van der Waals surface area contributed by atoms with Crippen molar-refractivity contribution in [2.45, 2.75) is 13.0 Å². The van der Waals surface area contributed by atoms with Crippen molar-refractivity contribution in [3.8, 4) is 5.75 Å². The molecule has 2 N–H and O–H groups in total. The fourth-order valence-electron chi connectivity index (χ4n) is 1.62. The minimum Gasteiger partial charge on any atom is -0.494 e. The molecule has 2 rings (SSSR count). The Morgan fingerprint density at radius 1 is 1.39 bits per heavy atom. The Hall–Kier alpha value is -0.550. The Kier molecular flexibility index (Phi) is 4.67. The Bertz CT molecular complexity index is 507. The van der Waals surface area contributed by atoms with Crippen LogP contribution in [0.5, 0.6) is 5.75 Å². The van der Waals surface area contributed by atoms with E-state index in [1.807, 2.05) is 37.3 Å². The van der Waals surface area contributed by atoms with Gasteiger partial charge in [0.2, 0.25) is 0 Å². The second-order valence-electron chi connectivity index (χ2n) is 3.75. The first-order valence-electron chi connectivity index (χ1n) is 5.55. The van der Waals surface area contributed by atoms with Crippen LogP contribution in [0.4, 0.5) is 0 Å². The molecule has 2 nitrogen and oxygen atoms in total. The molecule has 1 atom stereocenters. The molecule has 0 aliphatic heterocycles. The van der Waals surface area contributed by atoms with Crippen molar-refractivity contribution in [1.29, 1.82) is 0 Å². The molecular formula is C13H13BrClNOS. The molecule has 0 bridgehead atoms. The van der Waals surface area contributed by atoms with Crippen LogP contribution in [-0.2, 0) is 0 Å². The Morgan fingerprint density at radius 3 is 2.56 bits per heavy atom. The van der Waals surface area contributed by atoms with Gasteiger partial charge >= 0.3 is 0 Å². The minimum absolute atomic E-state index is 0.158. The molecule has 0 fully saturated rings. The SMILES string of the molecule is CCOc1ccc(C(N)c2cc(Br)c(Cl)s2)cc1. The number of nitrogens with two attached hydrogens (primary N) is 1. The van der Waals surface area contributed by atoms with E-state index in [2.05, 4.69) is 15.9 Å². The van der Waals surface area contributed by atoms with E-state index in [1.54, 1.807) is 0 Å². The molecule has 5 heteroatoms. The van der Waals surface area contributed by atoms with Gasteiger partial charge in [-0.1, -0.05) is 23.7 Å². The Balaban J connectivity index is 2.20. The highest BCUT2D eigenvalue weighted by Crippen LogP contribution is 2.36. The third kappa shape index (κ3) is 3.06. The van der Waals surface area contributed by atoms with Gasteiger partial charge in [-0.05, 0) is 46.6 Å². The summed E-state index contributed by atoms with van der Waals surface area (Å²) in [5.41, 5.74) is 7.26. The maximum absolute atomic E-state index is 6.21. The van der Waals surface area contributed by atoms with E-state index in [0.29, 0.717) is 6.61 Å². The summed E-state index contributed by atoms with van der Waals surface area (Å²) < 4.78 is 7.02. The van der Waals surface area contributed by atoms with Crippen molar-refractivity contribution >= 4 is 38.9 Å². The molecule has 0 spiro atoms. The number of ether oxygens (including phenoxy) is 1. The van der Waals surface area contributed by atoms with Gasteiger partial charge in [-0.25, -0.2) is 0 Å². The van der Waals surface area contributed by atoms with Gasteiger partial charge in [0.1, 0.15) is 10.1 Å². The molecular weight excluding hydrogens is 334 g/mol. The highest BCUT2D eigenvalue weighted by atomic mass is 79.9. The molecule has 0 aliphatic rings. The molecule has 2 aromatic rings. The number of rotatable bonds is 4. The van der Waals surface area contributed by atoms with E-state index in [9.17, 15) is 0 Å². The topological polar surface area (TPSA) is 35.2 Å². The maximum atomic E-state index is 6.21. The first-order valence-corrected chi connectivity index (χ1v) is 7.53. The average Bonchev–Trinajstić information content (AvgIpc) is 2.70. The lowest BCUT2D eigenvalue weighted by molar-refractivity contribution is 0.340. The van der Waals surface area contributed by atoms with Gasteiger partial charge < -0.3 is 10.5 Å². The van der Waals surface area contributed by atoms with Crippen LogP contribution >= 0.6 is 38.9 Å². The number of benzene rings is 1. The fraction of sp³-hybridized carbons (Fsp3) is 0.231. The van der Waals surface area contributed by atoms with Crippen molar-refractivity contribution in [3.05, 3.63) is 49.6 Å². The largest absolute Gasteiger partial charge is 0.494 e. The number of hydrogen-bond acceptors (Lipinski definition) is 3. The van der Waals surface area contributed by atoms with Crippen molar-refractivity contribution in [2.75, 3.05) is 6.61 Å². The van der Waals surface area contributed by atoms with Crippen LogP contribution in [0.1, 0.15) is 23.4 Å². The molecule has 0 radical (unpaired) electrons. The van der Waals surface area contributed by atoms with Crippen LogP contribution < -0.4 is 10.5 Å². The summed E-state index contributed by atoms with van der Waals surface area (Å²) >= 11 is 10.9. The molecule has 1 aromatic heterocycles. The van der Waals surface area contributed by atoms with E-state index in [1.165, 1.54) is 11.3 Å². The zero-order valence-corrected chi connectivity index (χ0v) is 13.0. The van der Waals surface area contributed by atoms with Crippen LogP contribution in [-0.4, -0.2) is 6.61 Å². The van der Waals surface area contributed by atoms with Gasteiger partial charge in [-0.15, -0.1) is 11.3 Å². The van der Waals surface area contributed by atoms with Gasteiger partial charge in [0.25, 0.3) is 0 Å². The highest BCUT2D eigenvalue weighted by molar-refractivity contribution is 9.10. The summed E-state index contributed by atoms with van der Waals surface area (Å²) in [6, 6.07) is 9.64. The summed E-state index contributed by atoms with van der Waals surface area (Å²) in [5.74, 6) is 0.860. The third-order valence-electron chi connectivity index (χ3n) is 2.52. The predicted molar refractivity (Wildman–Crippen MR) is 80.7 cm³/mol. The van der Waals surface area contributed by atoms with E-state index in [0.717, 1.165) is 25.0 Å². The highest BCUT2D eigenvalue weighted by Gasteiger charge is 2.14. The normalized spacial score (nSPS) is 12.4. The van der Waals surface area contributed by atoms with Crippen molar-refractivity contribution in [2.24, 2.45) is 5.73 Å². The van der Waals surface area contributed by atoms with E-state index in [4.69, 9.17) is 22.1 Å². The van der Waals surface area contributed by atoms with Crippen molar-refractivity contribution in [1.82, 2.24) is 0 Å². The van der Waals surface area contributed by atoms with Crippen LogP contribution in [0, 0.1) is 0 Å². The predicted octanol–water partition coefficient (Wildman–Crippen LogP) is 4.61. The quantitative estimate of drug-likeness (QED) is 0.877. The molecule has 1 aromatic carbocycles. The lowest BCUT2D eigenvalue weighted by atomic mass is 10.1. The second kappa shape index (κ2) is 6.06. The third-order valence-corrected chi connectivity index (χ3v) is 5.08. The van der Waals surface area contributed by atoms with E-state index < -0.39 is 0 Å². The number of hydrogen-bond donors (Lipinski definition) is 1. The van der Waals surface area contributed by atoms with Crippen LogP contribution in [0.25, 0.3) is 0 Å². The van der Waals surface area contributed by atoms with Gasteiger partial charge in [-0.3, -0.25) is 0 Å². The smallest absolute Gasteiger partial charge is 0.119 e. The second-order valence-corrected chi connectivity index (χ2v) is 6.29. The molecule has 0 aliphatic carbocycles. The zero-order valence-electron chi connectivity index (χ0n) is 9.82. The first-order chi connectivity index (χ1) is 8.61. The molecule has 0 saturated heterocycles. The molecule has 0 amide bonds. The van der Waals surface area contributed by atoms with Gasteiger partial charge in [0.15, 0.2) is 0 Å². The van der Waals surface area contributed by atoms with Gasteiger partial charge in [-0.2, -0.15) is 0 Å². The minimum atomic E-state index is -0.158. The molecule has 1 unspecified atom stereocenters. The zero-order chi connectivity index (χ0) is 13.1. The summed E-state index contributed by atoms with van der Waals surface area (Å²) in [4.78, 5) is 1.04. The number of halogens is 2. The Morgan fingerprint density at radius 2 is 2.06 bits per heavy atom. The monoisotopic (exact) mass is 345 g/mol. The van der Waals surface area contributed by atoms with Crippen molar-refractivity contribution < 1.29 is 4.74 Å². The standard InChI is InChI=1S/C13H13BrClNOS/c1-2-17-9-5-3-8(4-6-9)12(16)11-7-10(14)13(15)18-11/h3-7,12H,2,16H2,1H3. The first kappa shape index (κ1) is 13.9. The molecule has 18 heavy (non-hydrogen) atoms. The fourth-order valence-corrected chi connectivity index (χ4v) is 3.38. The van der Waals surface area contributed by atoms with E-state index >= 15 is 0 Å². The van der Waals surface area contributed by atoms with Crippen LogP contribution in [0.3, 0.4) is 0 Å². The van der Waals surface area contributed by atoms with Crippen molar-refractivity contribution in [3.63, 3.8) is 0 Å². The molecule has 1 heterocycles. The molecule has 0 saturated carbocycles. The summed E-state index contributed by atoms with van der Waals surface area (Å²) in [6.45, 7) is 2.63. The molecule has 96 valence electrons. The Labute approximate surface area is 124 Å². The summed E-state index contributed by atoms with van der Waals surface area (Å²) in [6.07, 6.45) is 0. The maximum Gasteiger partial charge on any atom is 0.119 e.